The molecule has 0 spiro atoms. The van der Waals surface area contributed by atoms with Gasteiger partial charge in [-0.25, -0.2) is 4.79 Å². The van der Waals surface area contributed by atoms with E-state index in [9.17, 15) is 19.5 Å². The number of ether oxygens (including phenoxy) is 2. The van der Waals surface area contributed by atoms with Crippen molar-refractivity contribution in [1.29, 1.82) is 0 Å². The highest BCUT2D eigenvalue weighted by Crippen LogP contribution is 2.47. The van der Waals surface area contributed by atoms with E-state index < -0.39 is 41.4 Å². The van der Waals surface area contributed by atoms with Crippen LogP contribution in [-0.4, -0.2) is 41.8 Å². The standard InChI is InChI=1S/C17H17NO6/c1-17-7-6-11(24-17)12(15(20)21)13(17)14(19)18-10-5-3-4-9(8-10)16(22)23-2/h3-8,11-13H,1-2H3,(H,18,19)(H,20,21)/t11-,12+,13-,17-/m1/s1. The SMILES string of the molecule is COC(=O)c1cccc(NC(=O)[C@H]2[C@@H](C(=O)O)[C@H]3C=C[C@@]2(C)O3)c1. The molecule has 0 aromatic heterocycles. The summed E-state index contributed by atoms with van der Waals surface area (Å²) in [5.74, 6) is -3.85. The molecule has 4 atom stereocenters. The minimum absolute atomic E-state index is 0.292. The highest BCUT2D eigenvalue weighted by molar-refractivity contribution is 5.98. The second-order valence-electron chi connectivity index (χ2n) is 6.03. The number of aliphatic carboxylic acids is 1. The normalized spacial score (nSPS) is 30.2. The summed E-state index contributed by atoms with van der Waals surface area (Å²) in [6.45, 7) is 1.70. The molecule has 1 saturated heterocycles. The van der Waals surface area contributed by atoms with Crippen LogP contribution < -0.4 is 5.32 Å². The van der Waals surface area contributed by atoms with Crippen molar-refractivity contribution < 1.29 is 29.0 Å². The van der Waals surface area contributed by atoms with Crippen molar-refractivity contribution in [3.8, 4) is 0 Å². The number of esters is 1. The summed E-state index contributed by atoms with van der Waals surface area (Å²) in [4.78, 5) is 35.8. The summed E-state index contributed by atoms with van der Waals surface area (Å²) in [5, 5.41) is 12.1. The summed E-state index contributed by atoms with van der Waals surface area (Å²) in [6, 6.07) is 6.26. The molecule has 126 valence electrons. The lowest BCUT2D eigenvalue weighted by atomic mass is 9.75. The van der Waals surface area contributed by atoms with Crippen molar-refractivity contribution >= 4 is 23.5 Å². The fraction of sp³-hybridized carbons (Fsp3) is 0.353. The molecule has 0 unspecified atom stereocenters. The predicted octanol–water partition coefficient (Wildman–Crippen LogP) is 1.46. The van der Waals surface area contributed by atoms with Gasteiger partial charge < -0.3 is 19.9 Å². The number of methoxy groups -OCH3 is 1. The van der Waals surface area contributed by atoms with E-state index >= 15 is 0 Å². The first-order valence-corrected chi connectivity index (χ1v) is 7.45. The fourth-order valence-electron chi connectivity index (χ4n) is 3.34. The molecule has 2 aliphatic heterocycles. The number of hydrogen-bond acceptors (Lipinski definition) is 5. The van der Waals surface area contributed by atoms with Gasteiger partial charge in [0, 0.05) is 5.69 Å². The number of nitrogens with one attached hydrogen (secondary N) is 1. The van der Waals surface area contributed by atoms with E-state index in [-0.39, 0.29) is 0 Å². The Morgan fingerprint density at radius 1 is 1.33 bits per heavy atom. The number of anilines is 1. The number of amides is 1. The van der Waals surface area contributed by atoms with Crippen molar-refractivity contribution in [2.24, 2.45) is 11.8 Å². The summed E-state index contributed by atoms with van der Waals surface area (Å²) in [7, 11) is 1.27. The number of benzene rings is 1. The maximum atomic E-state index is 12.7. The summed E-state index contributed by atoms with van der Waals surface area (Å²) in [6.07, 6.45) is 2.80. The predicted molar refractivity (Wildman–Crippen MR) is 83.4 cm³/mol. The molecular formula is C17H17NO6. The molecule has 0 aliphatic carbocycles. The van der Waals surface area contributed by atoms with Gasteiger partial charge in [-0.2, -0.15) is 0 Å². The average molecular weight is 331 g/mol. The van der Waals surface area contributed by atoms with Crippen LogP contribution in [0.5, 0.6) is 0 Å². The molecule has 1 amide bonds. The van der Waals surface area contributed by atoms with E-state index in [1.807, 2.05) is 0 Å². The van der Waals surface area contributed by atoms with Gasteiger partial charge in [0.15, 0.2) is 0 Å². The maximum Gasteiger partial charge on any atom is 0.337 e. The molecule has 3 rings (SSSR count). The Balaban J connectivity index is 1.83. The van der Waals surface area contributed by atoms with Crippen LogP contribution in [0.1, 0.15) is 17.3 Å². The van der Waals surface area contributed by atoms with Gasteiger partial charge in [-0.15, -0.1) is 0 Å². The summed E-state index contributed by atoms with van der Waals surface area (Å²) < 4.78 is 10.3. The topological polar surface area (TPSA) is 102 Å². The van der Waals surface area contributed by atoms with E-state index in [1.165, 1.54) is 13.2 Å². The molecule has 0 radical (unpaired) electrons. The molecule has 7 nitrogen and oxygen atoms in total. The zero-order valence-electron chi connectivity index (χ0n) is 13.2. The molecule has 24 heavy (non-hydrogen) atoms. The molecule has 2 N–H and O–H groups in total. The Morgan fingerprint density at radius 3 is 2.75 bits per heavy atom. The van der Waals surface area contributed by atoms with Gasteiger partial charge in [0.25, 0.3) is 0 Å². The van der Waals surface area contributed by atoms with E-state index in [4.69, 9.17) is 4.74 Å². The van der Waals surface area contributed by atoms with Crippen LogP contribution in [0.2, 0.25) is 0 Å². The number of carbonyl (C=O) groups excluding carboxylic acids is 2. The van der Waals surface area contributed by atoms with E-state index in [1.54, 1.807) is 37.3 Å². The van der Waals surface area contributed by atoms with Gasteiger partial charge in [0.05, 0.1) is 30.3 Å². The maximum absolute atomic E-state index is 12.7. The van der Waals surface area contributed by atoms with Gasteiger partial charge in [-0.1, -0.05) is 18.2 Å². The van der Waals surface area contributed by atoms with Crippen LogP contribution >= 0.6 is 0 Å². The number of rotatable bonds is 4. The van der Waals surface area contributed by atoms with Crippen LogP contribution in [0.4, 0.5) is 5.69 Å². The van der Waals surface area contributed by atoms with Crippen molar-refractivity contribution in [3.05, 3.63) is 42.0 Å². The number of carboxylic acid groups (broad SMARTS) is 1. The quantitative estimate of drug-likeness (QED) is 0.640. The second-order valence-corrected chi connectivity index (χ2v) is 6.03. The summed E-state index contributed by atoms with van der Waals surface area (Å²) in [5.41, 5.74) is -0.264. The van der Waals surface area contributed by atoms with Gasteiger partial charge in [0.2, 0.25) is 5.91 Å². The van der Waals surface area contributed by atoms with Crippen molar-refractivity contribution in [1.82, 2.24) is 0 Å². The van der Waals surface area contributed by atoms with Crippen molar-refractivity contribution in [2.45, 2.75) is 18.6 Å². The average Bonchev–Trinajstić information content (AvgIpc) is 3.07. The molecule has 2 aliphatic rings. The van der Waals surface area contributed by atoms with Crippen molar-refractivity contribution in [3.63, 3.8) is 0 Å². The van der Waals surface area contributed by atoms with Gasteiger partial charge in [-0.05, 0) is 25.1 Å². The van der Waals surface area contributed by atoms with Crippen LogP contribution in [0.3, 0.4) is 0 Å². The van der Waals surface area contributed by atoms with E-state index in [2.05, 4.69) is 10.1 Å². The first-order chi connectivity index (χ1) is 11.4. The lowest BCUT2D eigenvalue weighted by molar-refractivity contribution is -0.146. The highest BCUT2D eigenvalue weighted by Gasteiger charge is 2.59. The minimum atomic E-state index is -1.07. The lowest BCUT2D eigenvalue weighted by Crippen LogP contribution is -2.44. The molecule has 7 heteroatoms. The first-order valence-electron chi connectivity index (χ1n) is 7.45. The molecule has 1 aromatic carbocycles. The van der Waals surface area contributed by atoms with Crippen LogP contribution in [0.25, 0.3) is 0 Å². The van der Waals surface area contributed by atoms with Gasteiger partial charge in [0.1, 0.15) is 5.92 Å². The molecule has 2 bridgehead atoms. The lowest BCUT2D eigenvalue weighted by Gasteiger charge is -2.27. The third-order valence-electron chi connectivity index (χ3n) is 4.46. The first kappa shape index (κ1) is 16.2. The second kappa shape index (κ2) is 5.76. The molecule has 0 saturated carbocycles. The zero-order valence-corrected chi connectivity index (χ0v) is 13.2. The molecule has 1 aromatic rings. The molecule has 1 fully saturated rings. The number of carbonyl (C=O) groups is 3. The third kappa shape index (κ3) is 2.56. The number of carboxylic acids is 1. The number of hydrogen-bond donors (Lipinski definition) is 2. The van der Waals surface area contributed by atoms with E-state index in [0.29, 0.717) is 11.3 Å². The Kier molecular flexibility index (Phi) is 3.88. The molecule has 2 heterocycles. The zero-order chi connectivity index (χ0) is 17.5. The van der Waals surface area contributed by atoms with Crippen LogP contribution in [-0.2, 0) is 19.1 Å². The van der Waals surface area contributed by atoms with Crippen molar-refractivity contribution in [2.75, 3.05) is 12.4 Å². The third-order valence-corrected chi connectivity index (χ3v) is 4.46. The highest BCUT2D eigenvalue weighted by atomic mass is 16.5. The Hall–Kier alpha value is -2.67. The Labute approximate surface area is 138 Å². The monoisotopic (exact) mass is 331 g/mol. The van der Waals surface area contributed by atoms with Gasteiger partial charge in [-0.3, -0.25) is 9.59 Å². The van der Waals surface area contributed by atoms with Gasteiger partial charge >= 0.3 is 11.9 Å². The molecular weight excluding hydrogens is 314 g/mol. The number of fused-ring (bicyclic) bond motifs is 2. The Morgan fingerprint density at radius 2 is 2.08 bits per heavy atom. The minimum Gasteiger partial charge on any atom is -0.481 e. The van der Waals surface area contributed by atoms with Crippen LogP contribution in [0, 0.1) is 11.8 Å². The van der Waals surface area contributed by atoms with E-state index in [0.717, 1.165) is 0 Å². The van der Waals surface area contributed by atoms with Crippen LogP contribution in [0.15, 0.2) is 36.4 Å². The summed E-state index contributed by atoms with van der Waals surface area (Å²) >= 11 is 0. The fourth-order valence-corrected chi connectivity index (χ4v) is 3.34. The largest absolute Gasteiger partial charge is 0.481 e. The smallest absolute Gasteiger partial charge is 0.337 e. The Bertz CT molecular complexity index is 742.